The number of aromatic nitrogens is 5. The summed E-state index contributed by atoms with van der Waals surface area (Å²) in [6, 6.07) is 5.85. The summed E-state index contributed by atoms with van der Waals surface area (Å²) in [5.41, 5.74) is 6.41. The van der Waals surface area contributed by atoms with E-state index in [1.807, 2.05) is 0 Å². The molecule has 0 bridgehead atoms. The van der Waals surface area contributed by atoms with Gasteiger partial charge in [0.2, 0.25) is 0 Å². The van der Waals surface area contributed by atoms with Crippen LogP contribution < -0.4 is 5.73 Å². The van der Waals surface area contributed by atoms with Gasteiger partial charge in [-0.1, -0.05) is 0 Å². The van der Waals surface area contributed by atoms with E-state index in [0.29, 0.717) is 17.2 Å². The number of H-pyrrole nitrogens is 1. The number of anilines is 1. The van der Waals surface area contributed by atoms with Gasteiger partial charge in [0, 0.05) is 17.7 Å². The lowest BCUT2D eigenvalue weighted by molar-refractivity contribution is -0.384. The summed E-state index contributed by atoms with van der Waals surface area (Å²) >= 11 is 0. The highest BCUT2D eigenvalue weighted by atomic mass is 16.6. The van der Waals surface area contributed by atoms with Gasteiger partial charge in [-0.3, -0.25) is 15.2 Å². The Hall–Kier alpha value is -3.30. The average molecular weight is 273 g/mol. The van der Waals surface area contributed by atoms with Crippen LogP contribution in [-0.4, -0.2) is 30.4 Å². The Morgan fingerprint density at radius 2 is 2.00 bits per heavy atom. The number of nitro groups is 1. The maximum absolute atomic E-state index is 10.6. The maximum Gasteiger partial charge on any atom is 0.269 e. The van der Waals surface area contributed by atoms with Crippen LogP contribution in [0.15, 0.2) is 28.9 Å². The van der Waals surface area contributed by atoms with Crippen LogP contribution >= 0.6 is 0 Å². The monoisotopic (exact) mass is 273 g/mol. The molecular weight excluding hydrogens is 266 g/mol. The largest absolute Gasteiger partial charge is 0.379 e. The number of nitrogen functional groups attached to an aromatic ring is 1. The van der Waals surface area contributed by atoms with E-state index in [2.05, 4.69) is 30.1 Å². The average Bonchev–Trinajstić information content (AvgIpc) is 3.07. The Labute approximate surface area is 110 Å². The van der Waals surface area contributed by atoms with Crippen molar-refractivity contribution in [2.24, 2.45) is 0 Å². The Morgan fingerprint density at radius 3 is 2.60 bits per heavy atom. The molecule has 0 aliphatic rings. The van der Waals surface area contributed by atoms with Crippen LogP contribution in [-0.2, 0) is 0 Å². The third-order valence-electron chi connectivity index (χ3n) is 2.56. The van der Waals surface area contributed by atoms with Crippen molar-refractivity contribution in [1.29, 1.82) is 0 Å². The van der Waals surface area contributed by atoms with Crippen molar-refractivity contribution < 1.29 is 9.55 Å². The molecule has 20 heavy (non-hydrogen) atoms. The van der Waals surface area contributed by atoms with Gasteiger partial charge in [-0.25, -0.2) is 9.61 Å². The molecule has 0 radical (unpaired) electrons. The summed E-state index contributed by atoms with van der Waals surface area (Å²) in [5, 5.41) is 24.2. The van der Waals surface area contributed by atoms with Gasteiger partial charge in [0.1, 0.15) is 0 Å². The smallest absolute Gasteiger partial charge is 0.269 e. The molecule has 1 aromatic carbocycles. The van der Waals surface area contributed by atoms with Crippen LogP contribution in [0.1, 0.15) is 0 Å². The second kappa shape index (κ2) is 4.42. The van der Waals surface area contributed by atoms with E-state index in [1.54, 1.807) is 12.1 Å². The molecule has 0 amide bonds. The van der Waals surface area contributed by atoms with Crippen LogP contribution in [0.3, 0.4) is 0 Å². The molecule has 0 saturated heterocycles. The molecule has 0 fully saturated rings. The van der Waals surface area contributed by atoms with Crippen molar-refractivity contribution in [3.8, 4) is 22.9 Å². The Bertz CT molecular complexity index is 761. The van der Waals surface area contributed by atoms with Crippen molar-refractivity contribution >= 4 is 11.5 Å². The molecular formula is C10H7N7O3. The maximum atomic E-state index is 10.6. The molecule has 10 heteroatoms. The first-order valence-corrected chi connectivity index (χ1v) is 5.41. The molecule has 10 nitrogen and oxygen atoms in total. The zero-order valence-electron chi connectivity index (χ0n) is 9.85. The number of rotatable bonds is 3. The van der Waals surface area contributed by atoms with Crippen molar-refractivity contribution in [1.82, 2.24) is 25.5 Å². The van der Waals surface area contributed by atoms with Crippen molar-refractivity contribution in [2.75, 3.05) is 5.73 Å². The van der Waals surface area contributed by atoms with Crippen LogP contribution in [0.25, 0.3) is 22.9 Å². The highest BCUT2D eigenvalue weighted by molar-refractivity contribution is 5.65. The number of hydrogen-bond donors (Lipinski definition) is 2. The molecule has 0 unspecified atom stereocenters. The predicted molar refractivity (Wildman–Crippen MR) is 66.2 cm³/mol. The van der Waals surface area contributed by atoms with Crippen LogP contribution in [0.5, 0.6) is 0 Å². The zero-order chi connectivity index (χ0) is 14.1. The molecule has 0 aliphatic heterocycles. The Balaban J connectivity index is 1.94. The minimum Gasteiger partial charge on any atom is -0.379 e. The second-order valence-corrected chi connectivity index (χ2v) is 3.81. The number of nitrogens with two attached hydrogens (primary N) is 1. The molecule has 0 saturated carbocycles. The third kappa shape index (κ3) is 1.94. The van der Waals surface area contributed by atoms with E-state index in [1.165, 1.54) is 12.1 Å². The number of aromatic amines is 1. The summed E-state index contributed by atoms with van der Waals surface area (Å²) in [7, 11) is 0. The first-order chi connectivity index (χ1) is 9.65. The number of benzene rings is 1. The molecule has 0 atom stereocenters. The van der Waals surface area contributed by atoms with Gasteiger partial charge >= 0.3 is 0 Å². The van der Waals surface area contributed by atoms with E-state index in [4.69, 9.17) is 5.73 Å². The zero-order valence-corrected chi connectivity index (χ0v) is 9.85. The molecule has 3 rings (SSSR count). The van der Waals surface area contributed by atoms with Gasteiger partial charge in [0.25, 0.3) is 5.69 Å². The van der Waals surface area contributed by atoms with Crippen LogP contribution in [0.4, 0.5) is 11.5 Å². The van der Waals surface area contributed by atoms with Crippen molar-refractivity contribution in [2.45, 2.75) is 0 Å². The van der Waals surface area contributed by atoms with Crippen LogP contribution in [0.2, 0.25) is 0 Å². The highest BCUT2D eigenvalue weighted by Gasteiger charge is 2.15. The topological polar surface area (TPSA) is 150 Å². The molecule has 2 aromatic heterocycles. The summed E-state index contributed by atoms with van der Waals surface area (Å²) in [6.07, 6.45) is 0. The van der Waals surface area contributed by atoms with E-state index >= 15 is 0 Å². The van der Waals surface area contributed by atoms with Crippen molar-refractivity contribution in [3.63, 3.8) is 0 Å². The fourth-order valence-corrected chi connectivity index (χ4v) is 1.59. The lowest BCUT2D eigenvalue weighted by atomic mass is 10.2. The van der Waals surface area contributed by atoms with Gasteiger partial charge in [0.15, 0.2) is 23.2 Å². The third-order valence-corrected chi connectivity index (χ3v) is 2.56. The molecule has 2 heterocycles. The first kappa shape index (κ1) is 11.8. The van der Waals surface area contributed by atoms with Gasteiger partial charge in [0.05, 0.1) is 4.92 Å². The molecule has 100 valence electrons. The molecule has 3 aromatic rings. The second-order valence-electron chi connectivity index (χ2n) is 3.81. The Morgan fingerprint density at radius 1 is 1.25 bits per heavy atom. The highest BCUT2D eigenvalue weighted by Crippen LogP contribution is 2.23. The fraction of sp³-hybridized carbons (Fsp3) is 0. The minimum absolute atomic E-state index is 0.00513. The minimum atomic E-state index is -0.477. The quantitative estimate of drug-likeness (QED) is 0.530. The van der Waals surface area contributed by atoms with Gasteiger partial charge in [-0.15, -0.1) is 0 Å². The number of nitro benzene ring substituents is 1. The first-order valence-electron chi connectivity index (χ1n) is 5.41. The molecule has 0 spiro atoms. The number of non-ortho nitro benzene ring substituents is 1. The summed E-state index contributed by atoms with van der Waals surface area (Å²) < 4.78 is 4.47. The fourth-order valence-electron chi connectivity index (χ4n) is 1.59. The van der Waals surface area contributed by atoms with Gasteiger partial charge < -0.3 is 5.73 Å². The molecule has 0 aliphatic carbocycles. The van der Waals surface area contributed by atoms with E-state index in [9.17, 15) is 10.1 Å². The SMILES string of the molecule is Nc1nonc1-c1nc(-c2ccc([N+](=O)[O-])cc2)n[nH]1. The van der Waals surface area contributed by atoms with Crippen molar-refractivity contribution in [3.05, 3.63) is 34.4 Å². The van der Waals surface area contributed by atoms with Gasteiger partial charge in [-0.05, 0) is 22.4 Å². The molecule has 3 N–H and O–H groups in total. The lowest BCUT2D eigenvalue weighted by Crippen LogP contribution is -1.90. The number of nitrogens with zero attached hydrogens (tertiary/aromatic N) is 5. The summed E-state index contributed by atoms with van der Waals surface area (Å²) in [4.78, 5) is 14.3. The van der Waals surface area contributed by atoms with E-state index in [0.717, 1.165) is 0 Å². The normalized spacial score (nSPS) is 10.6. The Kier molecular flexibility index (Phi) is 2.60. The predicted octanol–water partition coefficient (Wildman–Crippen LogP) is 1.01. The summed E-state index contributed by atoms with van der Waals surface area (Å²) in [6.45, 7) is 0. The standard InChI is InChI=1S/C10H7N7O3/c11-8-7(15-20-16-8)10-12-9(13-14-10)5-1-3-6(4-2-5)17(18)19/h1-4H,(H2,11,16)(H,12,13,14). The number of nitrogens with one attached hydrogen (secondary N) is 1. The van der Waals surface area contributed by atoms with E-state index < -0.39 is 4.92 Å². The number of hydrogen-bond acceptors (Lipinski definition) is 8. The lowest BCUT2D eigenvalue weighted by Gasteiger charge is -1.94. The van der Waals surface area contributed by atoms with Gasteiger partial charge in [-0.2, -0.15) is 5.10 Å². The van der Waals surface area contributed by atoms with Crippen LogP contribution in [0, 0.1) is 10.1 Å². The summed E-state index contributed by atoms with van der Waals surface area (Å²) in [5.74, 6) is 0.755. The van der Waals surface area contributed by atoms with E-state index in [-0.39, 0.29) is 17.2 Å².